The molecule has 0 aliphatic heterocycles. The molecular formula is C17H17N5O2. The molecule has 1 amide bonds. The van der Waals surface area contributed by atoms with Crippen LogP contribution in [0.5, 0.6) is 0 Å². The zero-order chi connectivity index (χ0) is 17.3. The van der Waals surface area contributed by atoms with E-state index in [2.05, 4.69) is 17.3 Å². The number of nitrogens with two attached hydrogens (primary N) is 2. The SMILES string of the molecule is CCc1ccc(-c2nc3cc(C(=O)NN)ccc3c(=O)n2N)cc1. The summed E-state index contributed by atoms with van der Waals surface area (Å²) >= 11 is 0. The molecule has 0 radical (unpaired) electrons. The van der Waals surface area contributed by atoms with Crippen molar-refractivity contribution in [3.05, 3.63) is 63.9 Å². The van der Waals surface area contributed by atoms with Gasteiger partial charge in [0.1, 0.15) is 0 Å². The molecule has 3 aromatic rings. The summed E-state index contributed by atoms with van der Waals surface area (Å²) in [5, 5.41) is 0.333. The van der Waals surface area contributed by atoms with Crippen molar-refractivity contribution in [1.29, 1.82) is 0 Å². The Morgan fingerprint density at radius 2 is 1.92 bits per heavy atom. The van der Waals surface area contributed by atoms with Gasteiger partial charge in [-0.1, -0.05) is 31.2 Å². The third-order valence-corrected chi connectivity index (χ3v) is 3.92. The van der Waals surface area contributed by atoms with Crippen molar-refractivity contribution >= 4 is 16.8 Å². The average Bonchev–Trinajstić information content (AvgIpc) is 2.63. The van der Waals surface area contributed by atoms with Crippen LogP contribution < -0.4 is 22.7 Å². The highest BCUT2D eigenvalue weighted by molar-refractivity contribution is 5.97. The molecule has 122 valence electrons. The van der Waals surface area contributed by atoms with Crippen LogP contribution in [0.3, 0.4) is 0 Å². The molecule has 1 heterocycles. The van der Waals surface area contributed by atoms with E-state index in [1.54, 1.807) is 0 Å². The van der Waals surface area contributed by atoms with E-state index in [0.717, 1.165) is 16.7 Å². The average molecular weight is 323 g/mol. The Kier molecular flexibility index (Phi) is 4.01. The first-order valence-electron chi connectivity index (χ1n) is 7.47. The number of rotatable bonds is 3. The number of nitrogen functional groups attached to an aromatic ring is 2. The molecule has 24 heavy (non-hydrogen) atoms. The number of aryl methyl sites for hydroxylation is 1. The van der Waals surface area contributed by atoms with Gasteiger partial charge in [-0.2, -0.15) is 0 Å². The van der Waals surface area contributed by atoms with Crippen molar-refractivity contribution in [1.82, 2.24) is 15.1 Å². The monoisotopic (exact) mass is 323 g/mol. The molecule has 0 atom stereocenters. The number of nitrogens with zero attached hydrogens (tertiary/aromatic N) is 2. The number of aromatic nitrogens is 2. The van der Waals surface area contributed by atoms with Crippen molar-refractivity contribution in [3.63, 3.8) is 0 Å². The Labute approximate surface area is 137 Å². The third-order valence-electron chi connectivity index (χ3n) is 3.92. The molecule has 5 N–H and O–H groups in total. The number of carbonyl (C=O) groups excluding carboxylic acids is 1. The Morgan fingerprint density at radius 3 is 2.54 bits per heavy atom. The number of hydrogen-bond donors (Lipinski definition) is 3. The third kappa shape index (κ3) is 2.61. The lowest BCUT2D eigenvalue weighted by molar-refractivity contribution is 0.0954. The topological polar surface area (TPSA) is 116 Å². The van der Waals surface area contributed by atoms with Gasteiger partial charge in [0, 0.05) is 11.1 Å². The predicted molar refractivity (Wildman–Crippen MR) is 92.6 cm³/mol. The van der Waals surface area contributed by atoms with E-state index in [9.17, 15) is 9.59 Å². The lowest BCUT2D eigenvalue weighted by atomic mass is 10.1. The zero-order valence-corrected chi connectivity index (χ0v) is 13.1. The fraction of sp³-hybridized carbons (Fsp3) is 0.118. The predicted octanol–water partition coefficient (Wildman–Crippen LogP) is 0.943. The molecule has 0 bridgehead atoms. The van der Waals surface area contributed by atoms with Crippen molar-refractivity contribution < 1.29 is 4.79 Å². The molecule has 1 aromatic heterocycles. The molecule has 2 aromatic carbocycles. The van der Waals surface area contributed by atoms with Crippen LogP contribution in [0.1, 0.15) is 22.8 Å². The molecule has 3 rings (SSSR count). The van der Waals surface area contributed by atoms with Crippen LogP contribution in [0.4, 0.5) is 0 Å². The zero-order valence-electron chi connectivity index (χ0n) is 13.1. The van der Waals surface area contributed by atoms with Gasteiger partial charge in [0.15, 0.2) is 5.82 Å². The maximum absolute atomic E-state index is 12.5. The van der Waals surface area contributed by atoms with Crippen LogP contribution in [-0.4, -0.2) is 15.6 Å². The van der Waals surface area contributed by atoms with Crippen molar-refractivity contribution in [2.45, 2.75) is 13.3 Å². The van der Waals surface area contributed by atoms with Crippen molar-refractivity contribution in [3.8, 4) is 11.4 Å². The van der Waals surface area contributed by atoms with Crippen LogP contribution in [0.15, 0.2) is 47.3 Å². The molecule has 0 saturated carbocycles. The van der Waals surface area contributed by atoms with Crippen LogP contribution >= 0.6 is 0 Å². The van der Waals surface area contributed by atoms with Crippen LogP contribution in [0, 0.1) is 0 Å². The van der Waals surface area contributed by atoms with E-state index < -0.39 is 5.91 Å². The molecule has 0 spiro atoms. The smallest absolute Gasteiger partial charge is 0.280 e. The van der Waals surface area contributed by atoms with Gasteiger partial charge in [-0.25, -0.2) is 15.5 Å². The molecular weight excluding hydrogens is 306 g/mol. The largest absolute Gasteiger partial charge is 0.334 e. The molecule has 0 fully saturated rings. The number of nitrogens with one attached hydrogen (secondary N) is 1. The lowest BCUT2D eigenvalue weighted by Crippen LogP contribution is -2.31. The van der Waals surface area contributed by atoms with Gasteiger partial charge in [0.25, 0.3) is 11.5 Å². The van der Waals surface area contributed by atoms with Gasteiger partial charge in [0.2, 0.25) is 0 Å². The number of carbonyl (C=O) groups is 1. The standard InChI is InChI=1S/C17H17N5O2/c1-2-10-3-5-11(6-4-10)15-20-14-9-12(16(23)21-18)7-8-13(14)17(24)22(15)19/h3-9H,2,18-19H2,1H3,(H,21,23). The Bertz CT molecular complexity index is 977. The minimum Gasteiger partial charge on any atom is -0.334 e. The van der Waals surface area contributed by atoms with E-state index in [-0.39, 0.29) is 5.56 Å². The van der Waals surface area contributed by atoms with E-state index in [1.165, 1.54) is 23.8 Å². The van der Waals surface area contributed by atoms with Gasteiger partial charge < -0.3 is 5.84 Å². The molecule has 0 aliphatic rings. The summed E-state index contributed by atoms with van der Waals surface area (Å²) < 4.78 is 1.02. The lowest BCUT2D eigenvalue weighted by Gasteiger charge is -2.10. The molecule has 7 heteroatoms. The van der Waals surface area contributed by atoms with Crippen molar-refractivity contribution in [2.24, 2.45) is 5.84 Å². The quantitative estimate of drug-likeness (QED) is 0.377. The summed E-state index contributed by atoms with van der Waals surface area (Å²) in [6.45, 7) is 2.06. The minimum atomic E-state index is -0.454. The van der Waals surface area contributed by atoms with E-state index >= 15 is 0 Å². The van der Waals surface area contributed by atoms with Gasteiger partial charge in [-0.15, -0.1) is 0 Å². The minimum absolute atomic E-state index is 0.318. The number of amides is 1. The summed E-state index contributed by atoms with van der Waals surface area (Å²) in [6, 6.07) is 12.2. The Balaban J connectivity index is 2.22. The van der Waals surface area contributed by atoms with Crippen molar-refractivity contribution in [2.75, 3.05) is 5.84 Å². The second-order valence-corrected chi connectivity index (χ2v) is 5.37. The fourth-order valence-corrected chi connectivity index (χ4v) is 2.52. The van der Waals surface area contributed by atoms with E-state index in [1.807, 2.05) is 24.3 Å². The summed E-state index contributed by atoms with van der Waals surface area (Å²) in [6.07, 6.45) is 0.915. The highest BCUT2D eigenvalue weighted by Gasteiger charge is 2.13. The normalized spacial score (nSPS) is 10.8. The molecule has 0 unspecified atom stereocenters. The first-order valence-corrected chi connectivity index (χ1v) is 7.47. The Morgan fingerprint density at radius 1 is 1.21 bits per heavy atom. The highest BCUT2D eigenvalue weighted by atomic mass is 16.2. The maximum Gasteiger partial charge on any atom is 0.280 e. The molecule has 0 saturated heterocycles. The van der Waals surface area contributed by atoms with Crippen LogP contribution in [-0.2, 0) is 6.42 Å². The summed E-state index contributed by atoms with van der Waals surface area (Å²) in [5.41, 5.74) is 4.28. The van der Waals surface area contributed by atoms with E-state index in [4.69, 9.17) is 11.7 Å². The van der Waals surface area contributed by atoms with Gasteiger partial charge in [-0.3, -0.25) is 15.0 Å². The molecule has 0 aliphatic carbocycles. The number of benzene rings is 2. The first kappa shape index (κ1) is 15.7. The number of hydrazine groups is 1. The summed E-state index contributed by atoms with van der Waals surface area (Å²) in [7, 11) is 0. The first-order chi connectivity index (χ1) is 11.5. The van der Waals surface area contributed by atoms with Gasteiger partial charge in [0.05, 0.1) is 10.9 Å². The highest BCUT2D eigenvalue weighted by Crippen LogP contribution is 2.19. The van der Waals surface area contributed by atoms with Crippen LogP contribution in [0.2, 0.25) is 0 Å². The summed E-state index contributed by atoms with van der Waals surface area (Å²) in [5.74, 6) is 10.9. The van der Waals surface area contributed by atoms with Gasteiger partial charge >= 0.3 is 0 Å². The number of hydrogen-bond acceptors (Lipinski definition) is 5. The molecule has 7 nitrogen and oxygen atoms in total. The Hall–Kier alpha value is -3.19. The number of fused-ring (bicyclic) bond motifs is 1. The van der Waals surface area contributed by atoms with E-state index in [0.29, 0.717) is 22.3 Å². The second kappa shape index (κ2) is 6.13. The maximum atomic E-state index is 12.5. The fourth-order valence-electron chi connectivity index (χ4n) is 2.52. The van der Waals surface area contributed by atoms with Crippen LogP contribution in [0.25, 0.3) is 22.3 Å². The summed E-state index contributed by atoms with van der Waals surface area (Å²) in [4.78, 5) is 28.6. The second-order valence-electron chi connectivity index (χ2n) is 5.37. The van der Waals surface area contributed by atoms with Gasteiger partial charge in [-0.05, 0) is 30.2 Å².